The number of Topliss-reactive ketones (excluding diaryl/α,β-unsaturated/α-hetero) is 1. The molecule has 2 heterocycles. The summed E-state index contributed by atoms with van der Waals surface area (Å²) in [5.41, 5.74) is 0.567. The van der Waals surface area contributed by atoms with Gasteiger partial charge in [0.2, 0.25) is 0 Å². The third kappa shape index (κ3) is 2.98. The van der Waals surface area contributed by atoms with E-state index in [9.17, 15) is 19.1 Å². The number of anilines is 1. The first kappa shape index (κ1) is 18.3. The number of thiazole rings is 1. The van der Waals surface area contributed by atoms with Crippen LogP contribution < -0.4 is 4.90 Å². The molecule has 140 valence electrons. The van der Waals surface area contributed by atoms with Gasteiger partial charge in [-0.25, -0.2) is 9.37 Å². The van der Waals surface area contributed by atoms with Crippen molar-refractivity contribution in [2.24, 2.45) is 0 Å². The van der Waals surface area contributed by atoms with E-state index in [-0.39, 0.29) is 11.1 Å². The average Bonchev–Trinajstić information content (AvgIpc) is 3.30. The van der Waals surface area contributed by atoms with Crippen molar-refractivity contribution in [2.45, 2.75) is 6.04 Å². The van der Waals surface area contributed by atoms with Gasteiger partial charge in [-0.15, -0.1) is 11.3 Å². The van der Waals surface area contributed by atoms with Gasteiger partial charge in [0.1, 0.15) is 11.6 Å². The van der Waals surface area contributed by atoms with Gasteiger partial charge in [0.05, 0.1) is 11.6 Å². The molecule has 1 unspecified atom stereocenters. The molecule has 5 nitrogen and oxygen atoms in total. The molecule has 0 saturated carbocycles. The van der Waals surface area contributed by atoms with E-state index in [1.807, 2.05) is 0 Å². The van der Waals surface area contributed by atoms with E-state index in [1.165, 1.54) is 34.6 Å². The Morgan fingerprint density at radius 3 is 2.50 bits per heavy atom. The normalized spacial score (nSPS) is 18.6. The number of ketones is 1. The molecular weight excluding hydrogens is 403 g/mol. The number of benzene rings is 2. The zero-order chi connectivity index (χ0) is 19.8. The topological polar surface area (TPSA) is 70.5 Å². The summed E-state index contributed by atoms with van der Waals surface area (Å²) in [6.07, 6.45) is 1.52. The van der Waals surface area contributed by atoms with Crippen molar-refractivity contribution in [1.82, 2.24) is 4.98 Å². The molecule has 0 spiro atoms. The predicted molar refractivity (Wildman–Crippen MR) is 105 cm³/mol. The van der Waals surface area contributed by atoms with Gasteiger partial charge in [-0.05, 0) is 35.9 Å². The molecule has 1 amide bonds. The van der Waals surface area contributed by atoms with E-state index in [0.29, 0.717) is 15.7 Å². The fraction of sp³-hybridized carbons (Fsp3) is 0.0500. The number of carbonyl (C=O) groups is 2. The standard InChI is InChI=1S/C20H12ClFN2O3S/c21-14-4-2-1-3-13(14)16-15(17(25)11-5-7-12(22)8-6-11)18(26)19(27)24(16)20-23-9-10-28-20/h1-10,16,25H. The summed E-state index contributed by atoms with van der Waals surface area (Å²) in [6.45, 7) is 0. The summed E-state index contributed by atoms with van der Waals surface area (Å²) in [6, 6.07) is 10.8. The van der Waals surface area contributed by atoms with Crippen LogP contribution >= 0.6 is 22.9 Å². The lowest BCUT2D eigenvalue weighted by Crippen LogP contribution is -2.29. The minimum Gasteiger partial charge on any atom is -0.507 e. The van der Waals surface area contributed by atoms with Gasteiger partial charge in [-0.1, -0.05) is 29.8 Å². The number of rotatable bonds is 3. The summed E-state index contributed by atoms with van der Waals surface area (Å²) in [4.78, 5) is 31.0. The molecule has 1 aliphatic rings. The third-order valence-electron chi connectivity index (χ3n) is 4.39. The van der Waals surface area contributed by atoms with Crippen LogP contribution in [0.15, 0.2) is 65.7 Å². The van der Waals surface area contributed by atoms with Crippen molar-refractivity contribution in [3.05, 3.63) is 87.6 Å². The van der Waals surface area contributed by atoms with E-state index in [1.54, 1.807) is 29.6 Å². The largest absolute Gasteiger partial charge is 0.507 e. The van der Waals surface area contributed by atoms with Crippen molar-refractivity contribution < 1.29 is 19.1 Å². The fourth-order valence-electron chi connectivity index (χ4n) is 3.12. The number of amides is 1. The van der Waals surface area contributed by atoms with Gasteiger partial charge in [-0.2, -0.15) is 0 Å². The summed E-state index contributed by atoms with van der Waals surface area (Å²) in [5.74, 6) is -2.56. The third-order valence-corrected chi connectivity index (χ3v) is 5.50. The molecule has 2 aromatic carbocycles. The molecule has 0 bridgehead atoms. The van der Waals surface area contributed by atoms with E-state index in [4.69, 9.17) is 11.6 Å². The Morgan fingerprint density at radius 1 is 1.14 bits per heavy atom. The van der Waals surface area contributed by atoms with Crippen molar-refractivity contribution in [3.63, 3.8) is 0 Å². The smallest absolute Gasteiger partial charge is 0.301 e. The minimum atomic E-state index is -0.954. The molecule has 0 radical (unpaired) electrons. The van der Waals surface area contributed by atoms with E-state index in [2.05, 4.69) is 4.98 Å². The fourth-order valence-corrected chi connectivity index (χ4v) is 4.03. The first-order valence-electron chi connectivity index (χ1n) is 8.20. The number of halogens is 2. The van der Waals surface area contributed by atoms with Crippen molar-refractivity contribution in [3.8, 4) is 0 Å². The zero-order valence-electron chi connectivity index (χ0n) is 14.2. The minimum absolute atomic E-state index is 0.125. The highest BCUT2D eigenvalue weighted by molar-refractivity contribution is 7.14. The Kier molecular flexibility index (Phi) is 4.70. The van der Waals surface area contributed by atoms with Crippen LogP contribution in [0.25, 0.3) is 5.76 Å². The Labute approximate surface area is 168 Å². The van der Waals surface area contributed by atoms with Crippen molar-refractivity contribution >= 4 is 45.5 Å². The first-order chi connectivity index (χ1) is 13.5. The number of aliphatic hydroxyl groups excluding tert-OH is 1. The lowest BCUT2D eigenvalue weighted by molar-refractivity contribution is -0.132. The zero-order valence-corrected chi connectivity index (χ0v) is 15.7. The Balaban J connectivity index is 1.96. The van der Waals surface area contributed by atoms with Crippen LogP contribution in [0.2, 0.25) is 5.02 Å². The summed E-state index contributed by atoms with van der Waals surface area (Å²) >= 11 is 7.53. The average molecular weight is 415 g/mol. The maximum absolute atomic E-state index is 13.3. The molecule has 1 aliphatic heterocycles. The van der Waals surface area contributed by atoms with E-state index >= 15 is 0 Å². The number of aromatic nitrogens is 1. The molecule has 3 aromatic rings. The van der Waals surface area contributed by atoms with Gasteiger partial charge >= 0.3 is 5.91 Å². The van der Waals surface area contributed by atoms with Crippen LogP contribution in [0.1, 0.15) is 17.2 Å². The molecule has 0 aliphatic carbocycles. The first-order valence-corrected chi connectivity index (χ1v) is 9.45. The highest BCUT2D eigenvalue weighted by Crippen LogP contribution is 2.44. The van der Waals surface area contributed by atoms with Crippen LogP contribution in [0.5, 0.6) is 0 Å². The second kappa shape index (κ2) is 7.18. The molecule has 1 saturated heterocycles. The molecule has 1 aromatic heterocycles. The summed E-state index contributed by atoms with van der Waals surface area (Å²) in [5, 5.41) is 13.2. The molecule has 28 heavy (non-hydrogen) atoms. The number of carbonyl (C=O) groups excluding carboxylic acids is 2. The molecule has 4 rings (SSSR count). The number of aliphatic hydroxyl groups is 1. The van der Waals surface area contributed by atoms with Gasteiger partial charge in [0, 0.05) is 22.2 Å². The lowest BCUT2D eigenvalue weighted by atomic mass is 9.95. The SMILES string of the molecule is O=C1C(=O)N(c2nccs2)C(c2ccccc2Cl)C1=C(O)c1ccc(F)cc1. The van der Waals surface area contributed by atoms with Crippen LogP contribution in [-0.2, 0) is 9.59 Å². The van der Waals surface area contributed by atoms with E-state index < -0.39 is 29.3 Å². The maximum atomic E-state index is 13.3. The Morgan fingerprint density at radius 2 is 1.86 bits per heavy atom. The molecule has 1 atom stereocenters. The molecular formula is C20H12ClFN2O3S. The van der Waals surface area contributed by atoms with Crippen molar-refractivity contribution in [1.29, 1.82) is 0 Å². The summed E-state index contributed by atoms with van der Waals surface area (Å²) < 4.78 is 13.3. The highest BCUT2D eigenvalue weighted by Gasteiger charge is 2.48. The van der Waals surface area contributed by atoms with Gasteiger partial charge in [0.25, 0.3) is 5.78 Å². The van der Waals surface area contributed by atoms with Crippen LogP contribution in [0.3, 0.4) is 0 Å². The Hall–Kier alpha value is -3.03. The maximum Gasteiger partial charge on any atom is 0.301 e. The van der Waals surface area contributed by atoms with Gasteiger partial charge < -0.3 is 5.11 Å². The number of nitrogens with zero attached hydrogens (tertiary/aromatic N) is 2. The second-order valence-electron chi connectivity index (χ2n) is 6.01. The van der Waals surface area contributed by atoms with Crippen LogP contribution in [-0.4, -0.2) is 21.8 Å². The lowest BCUT2D eigenvalue weighted by Gasteiger charge is -2.23. The molecule has 8 heteroatoms. The number of hydrogen-bond donors (Lipinski definition) is 1. The quantitative estimate of drug-likeness (QED) is 0.387. The monoisotopic (exact) mass is 414 g/mol. The molecule has 1 N–H and O–H groups in total. The number of hydrogen-bond acceptors (Lipinski definition) is 5. The summed E-state index contributed by atoms with van der Waals surface area (Å²) in [7, 11) is 0. The van der Waals surface area contributed by atoms with Gasteiger partial charge in [0.15, 0.2) is 5.13 Å². The van der Waals surface area contributed by atoms with Crippen LogP contribution in [0.4, 0.5) is 9.52 Å². The van der Waals surface area contributed by atoms with Crippen molar-refractivity contribution in [2.75, 3.05) is 4.90 Å². The van der Waals surface area contributed by atoms with Crippen LogP contribution in [0, 0.1) is 5.82 Å². The second-order valence-corrected chi connectivity index (χ2v) is 7.29. The predicted octanol–water partition coefficient (Wildman–Crippen LogP) is 4.56. The molecule has 1 fully saturated rings. The Bertz CT molecular complexity index is 1100. The van der Waals surface area contributed by atoms with Gasteiger partial charge in [-0.3, -0.25) is 14.5 Å². The van der Waals surface area contributed by atoms with E-state index in [0.717, 1.165) is 12.1 Å². The highest BCUT2D eigenvalue weighted by atomic mass is 35.5.